The van der Waals surface area contributed by atoms with Gasteiger partial charge < -0.3 is 9.84 Å². The number of halogens is 1. The van der Waals surface area contributed by atoms with Gasteiger partial charge in [-0.15, -0.1) is 0 Å². The third-order valence-electron chi connectivity index (χ3n) is 2.16. The minimum atomic E-state index is -1.91. The van der Waals surface area contributed by atoms with Gasteiger partial charge in [0.1, 0.15) is 0 Å². The number of carbonyl (C=O) groups is 1. The fourth-order valence-corrected chi connectivity index (χ4v) is 1.76. The maximum atomic E-state index is 11.3. The summed E-state index contributed by atoms with van der Waals surface area (Å²) in [6.45, 7) is 1.59. The molecule has 0 amide bonds. The molecule has 0 radical (unpaired) electrons. The molecular weight excluding hydrogens is 318 g/mol. The van der Waals surface area contributed by atoms with Gasteiger partial charge in [-0.05, 0) is 24.6 Å². The predicted molar refractivity (Wildman–Crippen MR) is 71.8 cm³/mol. The Balaban J connectivity index is 3.07. The van der Waals surface area contributed by atoms with Crippen molar-refractivity contribution >= 4 is 28.0 Å². The summed E-state index contributed by atoms with van der Waals surface area (Å²) in [7, 11) is 0. The Morgan fingerprint density at radius 2 is 2.32 bits per heavy atom. The lowest BCUT2D eigenvalue weighted by molar-refractivity contribution is -0.432. The highest BCUT2D eigenvalue weighted by Crippen LogP contribution is 2.16. The number of benzene rings is 1. The van der Waals surface area contributed by atoms with E-state index in [9.17, 15) is 20.0 Å². The van der Waals surface area contributed by atoms with Crippen LogP contribution in [0.4, 0.5) is 0 Å². The molecule has 0 saturated heterocycles. The van der Waals surface area contributed by atoms with E-state index in [1.165, 1.54) is 0 Å². The zero-order chi connectivity index (χ0) is 14.4. The van der Waals surface area contributed by atoms with Crippen molar-refractivity contribution in [1.82, 2.24) is 0 Å². The first-order chi connectivity index (χ1) is 8.95. The summed E-state index contributed by atoms with van der Waals surface area (Å²) in [5.41, 5.74) is -0.138. The van der Waals surface area contributed by atoms with E-state index in [4.69, 9.17) is 0 Å². The number of ether oxygens (including phenoxy) is 1. The van der Waals surface area contributed by atoms with Crippen molar-refractivity contribution < 1.29 is 19.6 Å². The zero-order valence-corrected chi connectivity index (χ0v) is 11.7. The lowest BCUT2D eigenvalue weighted by Gasteiger charge is -2.07. The third kappa shape index (κ3) is 4.46. The quantitative estimate of drug-likeness (QED) is 0.507. The molecule has 0 bridgehead atoms. The first-order valence-electron chi connectivity index (χ1n) is 5.42. The molecule has 0 aliphatic carbocycles. The van der Waals surface area contributed by atoms with E-state index in [0.29, 0.717) is 5.56 Å². The average molecular weight is 330 g/mol. The molecule has 1 atom stereocenters. The van der Waals surface area contributed by atoms with E-state index >= 15 is 0 Å². The predicted octanol–water partition coefficient (Wildman–Crippen LogP) is 1.99. The van der Waals surface area contributed by atoms with Gasteiger partial charge in [0.05, 0.1) is 11.5 Å². The Morgan fingerprint density at radius 3 is 2.84 bits per heavy atom. The van der Waals surface area contributed by atoms with Crippen molar-refractivity contribution in [3.63, 3.8) is 0 Å². The first kappa shape index (κ1) is 15.3. The minimum absolute atomic E-state index is 0.0395. The van der Waals surface area contributed by atoms with Gasteiger partial charge in [0.2, 0.25) is 6.10 Å². The Kier molecular flexibility index (Phi) is 5.65. The van der Waals surface area contributed by atoms with E-state index < -0.39 is 22.7 Å². The van der Waals surface area contributed by atoms with Gasteiger partial charge >= 0.3 is 5.97 Å². The zero-order valence-electron chi connectivity index (χ0n) is 10.1. The van der Waals surface area contributed by atoms with Crippen LogP contribution in [0, 0.1) is 10.1 Å². The van der Waals surface area contributed by atoms with Crippen LogP contribution in [0.1, 0.15) is 12.5 Å². The van der Waals surface area contributed by atoms with Gasteiger partial charge in [0.15, 0.2) is 0 Å². The second-order valence-corrected chi connectivity index (χ2v) is 4.45. The average Bonchev–Trinajstić information content (AvgIpc) is 2.35. The number of nitrogens with zero attached hydrogens (tertiary/aromatic N) is 1. The number of hydrogen-bond donors (Lipinski definition) is 1. The van der Waals surface area contributed by atoms with E-state index in [-0.39, 0.29) is 6.61 Å². The number of carbonyl (C=O) groups excluding carboxylic acids is 1. The fraction of sp³-hybridized carbons (Fsp3) is 0.250. The number of hydrogen-bond acceptors (Lipinski definition) is 5. The van der Waals surface area contributed by atoms with Crippen LogP contribution in [-0.2, 0) is 9.53 Å². The van der Waals surface area contributed by atoms with Crippen molar-refractivity contribution in [2.24, 2.45) is 0 Å². The highest BCUT2D eigenvalue weighted by molar-refractivity contribution is 9.10. The summed E-state index contributed by atoms with van der Waals surface area (Å²) in [6, 6.07) is 6.68. The van der Waals surface area contributed by atoms with Crippen LogP contribution in [-0.4, -0.2) is 28.7 Å². The molecule has 0 unspecified atom stereocenters. The number of nitro groups is 1. The second kappa shape index (κ2) is 7.01. The standard InChI is InChI=1S/C12H12BrNO5/c1-2-19-12(16)11(15)10(14(17)18)7-8-4-3-5-9(13)6-8/h3-7,11,15H,2H2,1H3/b10-7+/t11-/m0/s1. The summed E-state index contributed by atoms with van der Waals surface area (Å²) >= 11 is 3.23. The van der Waals surface area contributed by atoms with Crippen LogP contribution >= 0.6 is 15.9 Å². The molecule has 19 heavy (non-hydrogen) atoms. The van der Waals surface area contributed by atoms with E-state index in [2.05, 4.69) is 20.7 Å². The smallest absolute Gasteiger partial charge is 0.346 e. The molecule has 0 aromatic heterocycles. The molecule has 1 rings (SSSR count). The number of aliphatic hydroxyl groups excluding tert-OH is 1. The Labute approximate surface area is 118 Å². The highest BCUT2D eigenvalue weighted by atomic mass is 79.9. The third-order valence-corrected chi connectivity index (χ3v) is 2.66. The fourth-order valence-electron chi connectivity index (χ4n) is 1.34. The van der Waals surface area contributed by atoms with Crippen molar-refractivity contribution in [3.05, 3.63) is 50.1 Å². The Bertz CT molecular complexity index is 515. The molecule has 0 saturated carbocycles. The van der Waals surface area contributed by atoms with Crippen molar-refractivity contribution in [1.29, 1.82) is 0 Å². The molecule has 0 aliphatic heterocycles. The summed E-state index contributed by atoms with van der Waals surface area (Å²) in [5.74, 6) is -1.04. The molecule has 1 N–H and O–H groups in total. The highest BCUT2D eigenvalue weighted by Gasteiger charge is 2.30. The maximum absolute atomic E-state index is 11.3. The number of aliphatic hydroxyl groups is 1. The lowest BCUT2D eigenvalue weighted by atomic mass is 10.1. The minimum Gasteiger partial charge on any atom is -0.464 e. The van der Waals surface area contributed by atoms with E-state index in [1.807, 2.05) is 0 Å². The molecule has 0 heterocycles. The Hall–Kier alpha value is -1.73. The van der Waals surface area contributed by atoms with Crippen LogP contribution in [0.2, 0.25) is 0 Å². The molecule has 102 valence electrons. The molecular formula is C12H12BrNO5. The maximum Gasteiger partial charge on any atom is 0.346 e. The molecule has 1 aromatic carbocycles. The van der Waals surface area contributed by atoms with Crippen LogP contribution in [0.5, 0.6) is 0 Å². The van der Waals surface area contributed by atoms with Gasteiger partial charge in [-0.1, -0.05) is 28.1 Å². The monoisotopic (exact) mass is 329 g/mol. The summed E-state index contributed by atoms with van der Waals surface area (Å²) in [6.07, 6.45) is -0.777. The summed E-state index contributed by atoms with van der Waals surface area (Å²) < 4.78 is 5.28. The molecule has 1 aromatic rings. The van der Waals surface area contributed by atoms with Gasteiger partial charge in [-0.25, -0.2) is 4.79 Å². The normalized spacial score (nSPS) is 12.9. The Morgan fingerprint density at radius 1 is 1.63 bits per heavy atom. The van der Waals surface area contributed by atoms with Gasteiger partial charge in [-0.3, -0.25) is 10.1 Å². The molecule has 7 heteroatoms. The number of rotatable bonds is 5. The lowest BCUT2D eigenvalue weighted by Crippen LogP contribution is -2.28. The molecule has 0 aliphatic rings. The van der Waals surface area contributed by atoms with Crippen molar-refractivity contribution in [3.8, 4) is 0 Å². The SMILES string of the molecule is CCOC(=O)[C@@H](O)/C(=C\c1cccc(Br)c1)[N+](=O)[O-]. The summed E-state index contributed by atoms with van der Waals surface area (Å²) in [4.78, 5) is 21.4. The summed E-state index contributed by atoms with van der Waals surface area (Å²) in [5, 5.41) is 20.5. The molecule has 0 fully saturated rings. The van der Waals surface area contributed by atoms with Crippen molar-refractivity contribution in [2.75, 3.05) is 6.61 Å². The second-order valence-electron chi connectivity index (χ2n) is 3.54. The van der Waals surface area contributed by atoms with Crippen LogP contribution < -0.4 is 0 Å². The largest absolute Gasteiger partial charge is 0.464 e. The topological polar surface area (TPSA) is 89.7 Å². The van der Waals surface area contributed by atoms with Crippen LogP contribution in [0.25, 0.3) is 6.08 Å². The van der Waals surface area contributed by atoms with Gasteiger partial charge in [0.25, 0.3) is 5.70 Å². The van der Waals surface area contributed by atoms with E-state index in [1.54, 1.807) is 31.2 Å². The first-order valence-corrected chi connectivity index (χ1v) is 6.21. The molecule has 6 nitrogen and oxygen atoms in total. The van der Waals surface area contributed by atoms with Crippen molar-refractivity contribution in [2.45, 2.75) is 13.0 Å². The number of esters is 1. The van der Waals surface area contributed by atoms with Gasteiger partial charge in [0, 0.05) is 10.5 Å². The van der Waals surface area contributed by atoms with E-state index in [0.717, 1.165) is 10.5 Å². The van der Waals surface area contributed by atoms with Crippen LogP contribution in [0.15, 0.2) is 34.4 Å². The molecule has 0 spiro atoms. The van der Waals surface area contributed by atoms with Crippen LogP contribution in [0.3, 0.4) is 0 Å². The van der Waals surface area contributed by atoms with Gasteiger partial charge in [-0.2, -0.15) is 0 Å².